The van der Waals surface area contributed by atoms with Crippen LogP contribution in [0.3, 0.4) is 0 Å². The van der Waals surface area contributed by atoms with E-state index in [1.807, 2.05) is 13.8 Å². The van der Waals surface area contributed by atoms with Gasteiger partial charge in [-0.1, -0.05) is 25.6 Å². The highest BCUT2D eigenvalue weighted by atomic mass is 32.2. The largest absolute Gasteiger partial charge is 0.389 e. The van der Waals surface area contributed by atoms with Crippen LogP contribution < -0.4 is 0 Å². The molecular formula is C8H16N4OS. The van der Waals surface area contributed by atoms with Crippen molar-refractivity contribution in [2.75, 3.05) is 5.75 Å². The number of aryl methyl sites for hydroxylation is 1. The third-order valence-corrected chi connectivity index (χ3v) is 3.65. The Kier molecular flexibility index (Phi) is 3.88. The minimum Gasteiger partial charge on any atom is -0.389 e. The highest BCUT2D eigenvalue weighted by Gasteiger charge is 2.23. The summed E-state index contributed by atoms with van der Waals surface area (Å²) < 4.78 is 1.61. The predicted molar refractivity (Wildman–Crippen MR) is 55.1 cm³/mol. The van der Waals surface area contributed by atoms with Crippen molar-refractivity contribution in [1.82, 2.24) is 20.2 Å². The fourth-order valence-corrected chi connectivity index (χ4v) is 2.12. The summed E-state index contributed by atoms with van der Waals surface area (Å²) in [5, 5.41) is 21.9. The van der Waals surface area contributed by atoms with Crippen LogP contribution in [0.5, 0.6) is 0 Å². The minimum atomic E-state index is -0.601. The molecule has 0 unspecified atom stereocenters. The van der Waals surface area contributed by atoms with E-state index < -0.39 is 5.60 Å². The van der Waals surface area contributed by atoms with Crippen LogP contribution in [0.2, 0.25) is 0 Å². The number of hydrogen-bond donors (Lipinski definition) is 1. The van der Waals surface area contributed by atoms with E-state index >= 15 is 0 Å². The standard InChI is InChI=1S/C8H16N4OS/c1-4-8(13,5-2)6-14-7-9-10-11-12(7)3/h13H,4-6H2,1-3H3. The Morgan fingerprint density at radius 1 is 1.43 bits per heavy atom. The lowest BCUT2D eigenvalue weighted by atomic mass is 10.0. The van der Waals surface area contributed by atoms with Gasteiger partial charge in [0.15, 0.2) is 0 Å². The maximum atomic E-state index is 10.0. The first kappa shape index (κ1) is 11.5. The normalized spacial score (nSPS) is 12.0. The molecule has 1 aromatic heterocycles. The molecule has 0 aliphatic rings. The Hall–Kier alpha value is -0.620. The Balaban J connectivity index is 2.52. The number of aliphatic hydroxyl groups is 1. The summed E-state index contributed by atoms with van der Waals surface area (Å²) in [5.74, 6) is 0.633. The fraction of sp³-hybridized carbons (Fsp3) is 0.875. The van der Waals surface area contributed by atoms with Crippen LogP contribution in [-0.2, 0) is 7.05 Å². The Morgan fingerprint density at radius 2 is 2.07 bits per heavy atom. The number of thioether (sulfide) groups is 1. The molecule has 80 valence electrons. The van der Waals surface area contributed by atoms with E-state index in [0.717, 1.165) is 18.0 Å². The van der Waals surface area contributed by atoms with Gasteiger partial charge in [-0.3, -0.25) is 0 Å². The molecule has 0 saturated heterocycles. The molecule has 14 heavy (non-hydrogen) atoms. The van der Waals surface area contributed by atoms with Crippen LogP contribution in [0.4, 0.5) is 0 Å². The Bertz CT molecular complexity index is 285. The van der Waals surface area contributed by atoms with E-state index in [2.05, 4.69) is 15.5 Å². The van der Waals surface area contributed by atoms with Crippen molar-refractivity contribution in [3.8, 4) is 0 Å². The van der Waals surface area contributed by atoms with Crippen LogP contribution >= 0.6 is 11.8 Å². The topological polar surface area (TPSA) is 63.8 Å². The lowest BCUT2D eigenvalue weighted by Gasteiger charge is -2.23. The van der Waals surface area contributed by atoms with E-state index in [-0.39, 0.29) is 0 Å². The van der Waals surface area contributed by atoms with Gasteiger partial charge in [0.2, 0.25) is 5.16 Å². The van der Waals surface area contributed by atoms with Crippen LogP contribution in [0.15, 0.2) is 5.16 Å². The van der Waals surface area contributed by atoms with Gasteiger partial charge in [-0.15, -0.1) is 5.10 Å². The molecule has 0 radical (unpaired) electrons. The molecule has 0 spiro atoms. The van der Waals surface area contributed by atoms with Crippen LogP contribution in [-0.4, -0.2) is 36.7 Å². The van der Waals surface area contributed by atoms with Crippen LogP contribution in [0.1, 0.15) is 26.7 Å². The second-order valence-corrected chi connectivity index (χ2v) is 4.25. The van der Waals surface area contributed by atoms with Crippen molar-refractivity contribution >= 4 is 11.8 Å². The molecule has 0 amide bonds. The zero-order valence-corrected chi connectivity index (χ0v) is 9.58. The number of hydrogen-bond acceptors (Lipinski definition) is 5. The Morgan fingerprint density at radius 3 is 2.50 bits per heavy atom. The van der Waals surface area contributed by atoms with Gasteiger partial charge >= 0.3 is 0 Å². The average Bonchev–Trinajstić information content (AvgIpc) is 2.61. The van der Waals surface area contributed by atoms with Crippen molar-refractivity contribution in [2.24, 2.45) is 7.05 Å². The molecule has 0 saturated carbocycles. The summed E-state index contributed by atoms with van der Waals surface area (Å²) in [6, 6.07) is 0. The van der Waals surface area contributed by atoms with Gasteiger partial charge in [0.25, 0.3) is 0 Å². The smallest absolute Gasteiger partial charge is 0.209 e. The molecule has 1 heterocycles. The zero-order valence-electron chi connectivity index (χ0n) is 8.77. The molecule has 5 nitrogen and oxygen atoms in total. The zero-order chi connectivity index (χ0) is 10.6. The molecule has 0 aromatic carbocycles. The SMILES string of the molecule is CCC(O)(CC)CSc1nnnn1C. The molecule has 0 aliphatic heterocycles. The lowest BCUT2D eigenvalue weighted by molar-refractivity contribution is 0.0571. The van der Waals surface area contributed by atoms with E-state index in [0.29, 0.717) is 5.75 Å². The van der Waals surface area contributed by atoms with E-state index in [9.17, 15) is 5.11 Å². The Labute approximate surface area is 87.9 Å². The highest BCUT2D eigenvalue weighted by Crippen LogP contribution is 2.24. The third kappa shape index (κ3) is 2.68. The first-order valence-corrected chi connectivity index (χ1v) is 5.67. The second-order valence-electron chi connectivity index (χ2n) is 3.31. The summed E-state index contributed by atoms with van der Waals surface area (Å²) in [6.45, 7) is 3.97. The number of nitrogens with zero attached hydrogens (tertiary/aromatic N) is 4. The van der Waals surface area contributed by atoms with Crippen molar-refractivity contribution in [1.29, 1.82) is 0 Å². The lowest BCUT2D eigenvalue weighted by Crippen LogP contribution is -2.29. The van der Waals surface area contributed by atoms with Crippen LogP contribution in [0, 0.1) is 0 Å². The van der Waals surface area contributed by atoms with E-state index in [1.54, 1.807) is 11.7 Å². The first-order chi connectivity index (χ1) is 6.61. The van der Waals surface area contributed by atoms with Crippen molar-refractivity contribution in [3.63, 3.8) is 0 Å². The average molecular weight is 216 g/mol. The van der Waals surface area contributed by atoms with Crippen molar-refractivity contribution < 1.29 is 5.11 Å². The van der Waals surface area contributed by atoms with Gasteiger partial charge < -0.3 is 5.11 Å². The van der Waals surface area contributed by atoms with Gasteiger partial charge in [-0.25, -0.2) is 4.68 Å². The first-order valence-electron chi connectivity index (χ1n) is 4.69. The van der Waals surface area contributed by atoms with Gasteiger partial charge in [-0.05, 0) is 23.3 Å². The molecule has 0 fully saturated rings. The molecule has 0 aliphatic carbocycles. The maximum Gasteiger partial charge on any atom is 0.209 e. The van der Waals surface area contributed by atoms with E-state index in [4.69, 9.17) is 0 Å². The second kappa shape index (κ2) is 4.75. The molecule has 0 bridgehead atoms. The summed E-state index contributed by atoms with van der Waals surface area (Å²) in [6.07, 6.45) is 1.50. The van der Waals surface area contributed by atoms with Gasteiger partial charge in [0, 0.05) is 12.8 Å². The summed E-state index contributed by atoms with van der Waals surface area (Å²) in [5.41, 5.74) is -0.601. The third-order valence-electron chi connectivity index (χ3n) is 2.37. The summed E-state index contributed by atoms with van der Waals surface area (Å²) >= 11 is 1.49. The minimum absolute atomic E-state index is 0.601. The monoisotopic (exact) mass is 216 g/mol. The fourth-order valence-electron chi connectivity index (χ4n) is 0.997. The molecule has 6 heteroatoms. The number of rotatable bonds is 5. The number of aromatic nitrogens is 4. The predicted octanol–water partition coefficient (Wildman–Crippen LogP) is 0.853. The van der Waals surface area contributed by atoms with Gasteiger partial charge in [-0.2, -0.15) is 0 Å². The quantitative estimate of drug-likeness (QED) is 0.739. The maximum absolute atomic E-state index is 10.0. The summed E-state index contributed by atoms with van der Waals surface area (Å²) in [4.78, 5) is 0. The van der Waals surface area contributed by atoms with Crippen molar-refractivity contribution in [3.05, 3.63) is 0 Å². The highest BCUT2D eigenvalue weighted by molar-refractivity contribution is 7.99. The molecule has 1 aromatic rings. The van der Waals surface area contributed by atoms with Gasteiger partial charge in [0.1, 0.15) is 0 Å². The molecule has 1 N–H and O–H groups in total. The number of tetrazole rings is 1. The molecular weight excluding hydrogens is 200 g/mol. The van der Waals surface area contributed by atoms with E-state index in [1.165, 1.54) is 11.8 Å². The van der Waals surface area contributed by atoms with Crippen molar-refractivity contribution in [2.45, 2.75) is 37.4 Å². The van der Waals surface area contributed by atoms with Gasteiger partial charge in [0.05, 0.1) is 5.60 Å². The summed E-state index contributed by atoms with van der Waals surface area (Å²) in [7, 11) is 1.79. The molecule has 1 rings (SSSR count). The van der Waals surface area contributed by atoms with Crippen LogP contribution in [0.25, 0.3) is 0 Å². The molecule has 0 atom stereocenters.